The highest BCUT2D eigenvalue weighted by molar-refractivity contribution is 6.08. The van der Waals surface area contributed by atoms with Crippen LogP contribution in [0.25, 0.3) is 0 Å². The van der Waals surface area contributed by atoms with Crippen LogP contribution in [0, 0.1) is 11.8 Å². The molecule has 124 valence electrons. The van der Waals surface area contributed by atoms with Crippen molar-refractivity contribution >= 4 is 17.8 Å². The van der Waals surface area contributed by atoms with Gasteiger partial charge in [-0.1, -0.05) is 0 Å². The van der Waals surface area contributed by atoms with Gasteiger partial charge in [-0.05, 0) is 26.0 Å². The van der Waals surface area contributed by atoms with Gasteiger partial charge in [0.25, 0.3) is 0 Å². The van der Waals surface area contributed by atoms with E-state index in [0.29, 0.717) is 12.3 Å². The zero-order valence-corrected chi connectivity index (χ0v) is 13.4. The fourth-order valence-corrected chi connectivity index (χ4v) is 3.86. The first-order chi connectivity index (χ1) is 11.0. The topological polar surface area (TPSA) is 93.4 Å². The van der Waals surface area contributed by atoms with Crippen molar-refractivity contribution in [2.75, 3.05) is 13.2 Å². The second-order valence-corrected chi connectivity index (χ2v) is 6.14. The normalized spacial score (nSPS) is 33.2. The van der Waals surface area contributed by atoms with E-state index >= 15 is 0 Å². The highest BCUT2D eigenvalue weighted by Gasteiger charge is 2.71. The summed E-state index contributed by atoms with van der Waals surface area (Å²) in [6, 6.07) is 3.09. The summed E-state index contributed by atoms with van der Waals surface area (Å²) in [5.74, 6) is -1.76. The van der Waals surface area contributed by atoms with Crippen LogP contribution in [0.1, 0.15) is 32.6 Å². The molecule has 2 aliphatic heterocycles. The standard InChI is InChI=1S/C16H20N2O5/c1-4-18-13(19)10-11(14(18)20)16(3,15(21)22-5-2)17-12(10)9-7-6-8-23-9/h6-8,10-12,17H,4-5H2,1-3H3/p+1/t10-,11-,12+,16+/m0/s1. The lowest BCUT2D eigenvalue weighted by molar-refractivity contribution is -0.732. The van der Waals surface area contributed by atoms with Gasteiger partial charge >= 0.3 is 5.97 Å². The van der Waals surface area contributed by atoms with Crippen LogP contribution in [0.15, 0.2) is 22.8 Å². The lowest BCUT2D eigenvalue weighted by Gasteiger charge is -2.25. The molecule has 4 atom stereocenters. The molecule has 0 bridgehead atoms. The number of quaternary nitrogens is 1. The quantitative estimate of drug-likeness (QED) is 0.614. The van der Waals surface area contributed by atoms with Crippen molar-refractivity contribution in [1.82, 2.24) is 4.90 Å². The lowest BCUT2D eigenvalue weighted by atomic mass is 9.81. The van der Waals surface area contributed by atoms with E-state index in [9.17, 15) is 14.4 Å². The third kappa shape index (κ3) is 2.10. The number of hydrogen-bond donors (Lipinski definition) is 1. The highest BCUT2D eigenvalue weighted by atomic mass is 16.5. The van der Waals surface area contributed by atoms with Gasteiger partial charge in [0.1, 0.15) is 11.8 Å². The predicted octanol–water partition coefficient (Wildman–Crippen LogP) is -0.159. The number of furan rings is 1. The second-order valence-electron chi connectivity index (χ2n) is 6.14. The van der Waals surface area contributed by atoms with Gasteiger partial charge in [-0.25, -0.2) is 4.79 Å². The molecule has 23 heavy (non-hydrogen) atoms. The number of imide groups is 1. The smallest absolute Gasteiger partial charge is 0.368 e. The highest BCUT2D eigenvalue weighted by Crippen LogP contribution is 2.44. The van der Waals surface area contributed by atoms with E-state index in [1.807, 2.05) is 0 Å². The van der Waals surface area contributed by atoms with E-state index in [1.54, 1.807) is 38.2 Å². The number of esters is 1. The number of rotatable bonds is 4. The van der Waals surface area contributed by atoms with Crippen molar-refractivity contribution in [3.63, 3.8) is 0 Å². The SMILES string of the molecule is CCOC(=O)[C@]1(C)[NH2+][C@H](c2ccco2)[C@H]2C(=O)N(CC)C(=O)[C@H]21. The Balaban J connectivity index is 2.06. The Morgan fingerprint density at radius 2 is 2.13 bits per heavy atom. The molecule has 0 spiro atoms. The van der Waals surface area contributed by atoms with Crippen LogP contribution in [-0.2, 0) is 19.1 Å². The molecule has 1 aromatic rings. The maximum Gasteiger partial charge on any atom is 0.368 e. The number of hydrogen-bond acceptors (Lipinski definition) is 5. The molecule has 2 N–H and O–H groups in total. The minimum Gasteiger partial charge on any atom is -0.463 e. The summed E-state index contributed by atoms with van der Waals surface area (Å²) >= 11 is 0. The molecule has 7 nitrogen and oxygen atoms in total. The molecule has 0 saturated carbocycles. The summed E-state index contributed by atoms with van der Waals surface area (Å²) in [6.07, 6.45) is 1.52. The monoisotopic (exact) mass is 321 g/mol. The van der Waals surface area contributed by atoms with E-state index in [1.165, 1.54) is 11.2 Å². The Labute approximate surface area is 134 Å². The van der Waals surface area contributed by atoms with Crippen LogP contribution < -0.4 is 5.32 Å². The Morgan fingerprint density at radius 3 is 2.70 bits per heavy atom. The maximum atomic E-state index is 12.7. The third-order valence-electron chi connectivity index (χ3n) is 4.90. The number of fused-ring (bicyclic) bond motifs is 1. The summed E-state index contributed by atoms with van der Waals surface area (Å²) in [7, 11) is 0. The third-order valence-corrected chi connectivity index (χ3v) is 4.90. The first-order valence-corrected chi connectivity index (χ1v) is 7.87. The van der Waals surface area contributed by atoms with Crippen molar-refractivity contribution in [3.8, 4) is 0 Å². The van der Waals surface area contributed by atoms with Crippen molar-refractivity contribution in [2.24, 2.45) is 11.8 Å². The maximum absolute atomic E-state index is 12.7. The average Bonchev–Trinajstić information content (AvgIpc) is 3.18. The molecule has 2 fully saturated rings. The molecule has 2 amide bonds. The minimum atomic E-state index is -1.13. The first kappa shape index (κ1) is 15.7. The molecule has 3 heterocycles. The molecule has 0 radical (unpaired) electrons. The number of nitrogens with two attached hydrogens (primary N) is 1. The van der Waals surface area contributed by atoms with E-state index in [-0.39, 0.29) is 18.4 Å². The lowest BCUT2D eigenvalue weighted by Crippen LogP contribution is -2.97. The molecule has 2 aliphatic rings. The van der Waals surface area contributed by atoms with E-state index in [0.717, 1.165) is 0 Å². The van der Waals surface area contributed by atoms with Gasteiger partial charge in [-0.15, -0.1) is 0 Å². The molecule has 0 aliphatic carbocycles. The molecule has 0 unspecified atom stereocenters. The summed E-state index contributed by atoms with van der Waals surface area (Å²) in [6.45, 7) is 5.68. The zero-order valence-electron chi connectivity index (χ0n) is 13.4. The van der Waals surface area contributed by atoms with Crippen molar-refractivity contribution in [2.45, 2.75) is 32.4 Å². The van der Waals surface area contributed by atoms with Gasteiger partial charge in [-0.2, -0.15) is 0 Å². The second kappa shape index (κ2) is 5.49. The largest absolute Gasteiger partial charge is 0.463 e. The molecule has 0 aromatic carbocycles. The Hall–Kier alpha value is -2.15. The summed E-state index contributed by atoms with van der Waals surface area (Å²) in [5, 5.41) is 1.75. The summed E-state index contributed by atoms with van der Waals surface area (Å²) < 4.78 is 10.6. The van der Waals surface area contributed by atoms with E-state index in [2.05, 4.69) is 0 Å². The Kier molecular flexibility index (Phi) is 3.75. The minimum absolute atomic E-state index is 0.227. The van der Waals surface area contributed by atoms with Gasteiger partial charge in [-0.3, -0.25) is 14.5 Å². The zero-order chi connectivity index (χ0) is 16.8. The van der Waals surface area contributed by atoms with E-state index < -0.39 is 29.4 Å². The van der Waals surface area contributed by atoms with Gasteiger partial charge in [0.15, 0.2) is 11.8 Å². The van der Waals surface area contributed by atoms with E-state index in [4.69, 9.17) is 9.15 Å². The summed E-state index contributed by atoms with van der Waals surface area (Å²) in [5.41, 5.74) is -1.13. The van der Waals surface area contributed by atoms with Gasteiger partial charge < -0.3 is 14.5 Å². The van der Waals surface area contributed by atoms with Crippen molar-refractivity contribution in [3.05, 3.63) is 24.2 Å². The van der Waals surface area contributed by atoms with Crippen LogP contribution >= 0.6 is 0 Å². The predicted molar refractivity (Wildman–Crippen MR) is 77.8 cm³/mol. The fourth-order valence-electron chi connectivity index (χ4n) is 3.86. The average molecular weight is 321 g/mol. The number of likely N-dealkylation sites (tertiary alicyclic amines) is 1. The van der Waals surface area contributed by atoms with Gasteiger partial charge in [0, 0.05) is 13.5 Å². The fraction of sp³-hybridized carbons (Fsp3) is 0.562. The van der Waals surface area contributed by atoms with Crippen LogP contribution in [0.2, 0.25) is 0 Å². The molecule has 3 rings (SSSR count). The molecular weight excluding hydrogens is 300 g/mol. The number of nitrogens with zero attached hydrogens (tertiary/aromatic N) is 1. The Morgan fingerprint density at radius 1 is 1.39 bits per heavy atom. The molecule has 2 saturated heterocycles. The van der Waals surface area contributed by atoms with Crippen molar-refractivity contribution in [1.29, 1.82) is 0 Å². The van der Waals surface area contributed by atoms with Crippen LogP contribution in [0.5, 0.6) is 0 Å². The van der Waals surface area contributed by atoms with Crippen LogP contribution in [-0.4, -0.2) is 41.4 Å². The van der Waals surface area contributed by atoms with Crippen molar-refractivity contribution < 1.29 is 28.9 Å². The van der Waals surface area contributed by atoms with Crippen LogP contribution in [0.4, 0.5) is 0 Å². The molecular formula is C16H21N2O5+. The molecule has 7 heteroatoms. The number of carbonyl (C=O) groups excluding carboxylic acids is 3. The van der Waals surface area contributed by atoms with Crippen LogP contribution in [0.3, 0.4) is 0 Å². The number of carbonyl (C=O) groups is 3. The Bertz CT molecular complexity index is 641. The number of amides is 2. The van der Waals surface area contributed by atoms with Gasteiger partial charge in [0.05, 0.1) is 12.9 Å². The molecule has 1 aromatic heterocycles. The summed E-state index contributed by atoms with van der Waals surface area (Å²) in [4.78, 5) is 39.1. The first-order valence-electron chi connectivity index (χ1n) is 7.87. The van der Waals surface area contributed by atoms with Gasteiger partial charge in [0.2, 0.25) is 17.4 Å². The number of ether oxygens (including phenoxy) is 1.